The van der Waals surface area contributed by atoms with Crippen LogP contribution in [0.5, 0.6) is 0 Å². The highest BCUT2D eigenvalue weighted by molar-refractivity contribution is 7.80. The molecular weight excluding hydrogens is 629 g/mol. The molecule has 0 aliphatic carbocycles. The van der Waals surface area contributed by atoms with Gasteiger partial charge in [0.05, 0.1) is 11.2 Å². The zero-order valence-electron chi connectivity index (χ0n) is 22.7. The fraction of sp³-hybridized carbons (Fsp3) is 0.161. The number of hydrogen-bond acceptors (Lipinski definition) is 6. The van der Waals surface area contributed by atoms with Crippen molar-refractivity contribution >= 4 is 86.7 Å². The quantitative estimate of drug-likeness (QED) is 0.0644. The van der Waals surface area contributed by atoms with Crippen molar-refractivity contribution in [2.75, 3.05) is 12.0 Å². The first kappa shape index (κ1) is 32.2. The minimum absolute atomic E-state index is 0.00810. The van der Waals surface area contributed by atoms with Gasteiger partial charge in [-0.2, -0.15) is 0 Å². The molecule has 0 bridgehead atoms. The summed E-state index contributed by atoms with van der Waals surface area (Å²) in [5.41, 5.74) is 8.97. The van der Waals surface area contributed by atoms with E-state index in [2.05, 4.69) is 15.6 Å². The van der Waals surface area contributed by atoms with Gasteiger partial charge >= 0.3 is 5.97 Å². The average molecular weight is 657 g/mol. The topological polar surface area (TPSA) is 110 Å². The largest absolute Gasteiger partial charge is 0.443 e. The molecule has 2 atom stereocenters. The predicted octanol–water partition coefficient (Wildman–Crippen LogP) is 5.83. The number of ether oxygens (including phenoxy) is 1. The van der Waals surface area contributed by atoms with Gasteiger partial charge in [0.25, 0.3) is 0 Å². The molecule has 1 unspecified atom stereocenters. The van der Waals surface area contributed by atoms with E-state index in [0.29, 0.717) is 11.2 Å². The summed E-state index contributed by atoms with van der Waals surface area (Å²) >= 11 is 24.8. The van der Waals surface area contributed by atoms with Crippen LogP contribution in [0.2, 0.25) is 0 Å². The highest BCUT2D eigenvalue weighted by Gasteiger charge is 2.40. The van der Waals surface area contributed by atoms with E-state index in [4.69, 9.17) is 57.5 Å². The van der Waals surface area contributed by atoms with Crippen molar-refractivity contribution in [3.63, 3.8) is 0 Å². The molecule has 8 nitrogen and oxygen atoms in total. The number of anilines is 1. The van der Waals surface area contributed by atoms with Crippen molar-refractivity contribution in [1.29, 1.82) is 0 Å². The zero-order chi connectivity index (χ0) is 30.8. The summed E-state index contributed by atoms with van der Waals surface area (Å²) in [5.74, 6) is -1.28. The van der Waals surface area contributed by atoms with E-state index in [0.717, 1.165) is 16.5 Å². The summed E-state index contributed by atoms with van der Waals surface area (Å²) in [7, 11) is 0. The monoisotopic (exact) mass is 655 g/mol. The third kappa shape index (κ3) is 9.38. The van der Waals surface area contributed by atoms with Gasteiger partial charge in [0, 0.05) is 17.7 Å². The molecular formula is C31H28Cl3N5O3S. The van der Waals surface area contributed by atoms with Crippen molar-refractivity contribution in [2.24, 2.45) is 5.73 Å². The number of pyridine rings is 1. The van der Waals surface area contributed by atoms with Gasteiger partial charge in [0.15, 0.2) is 18.0 Å². The lowest BCUT2D eigenvalue weighted by Gasteiger charge is -2.37. The molecule has 1 amide bonds. The van der Waals surface area contributed by atoms with Crippen LogP contribution in [0.25, 0.3) is 17.0 Å². The Kier molecular flexibility index (Phi) is 11.3. The van der Waals surface area contributed by atoms with Crippen LogP contribution in [0, 0.1) is 0 Å². The van der Waals surface area contributed by atoms with Crippen molar-refractivity contribution in [1.82, 2.24) is 15.2 Å². The zero-order valence-corrected chi connectivity index (χ0v) is 25.8. The van der Waals surface area contributed by atoms with Crippen LogP contribution in [0.15, 0.2) is 103 Å². The van der Waals surface area contributed by atoms with E-state index in [9.17, 15) is 9.59 Å². The number of hydrogen-bond donors (Lipinski definition) is 3. The lowest BCUT2D eigenvalue weighted by molar-refractivity contribution is -0.149. The second kappa shape index (κ2) is 15.1. The van der Waals surface area contributed by atoms with Gasteiger partial charge in [0.1, 0.15) is 6.04 Å². The van der Waals surface area contributed by atoms with Crippen LogP contribution in [-0.2, 0) is 20.7 Å². The van der Waals surface area contributed by atoms with Crippen molar-refractivity contribution in [2.45, 2.75) is 22.4 Å². The van der Waals surface area contributed by atoms with Gasteiger partial charge < -0.3 is 21.1 Å². The van der Waals surface area contributed by atoms with E-state index in [1.807, 2.05) is 84.9 Å². The van der Waals surface area contributed by atoms with Crippen LogP contribution < -0.4 is 16.4 Å². The van der Waals surface area contributed by atoms with E-state index >= 15 is 0 Å². The van der Waals surface area contributed by atoms with E-state index < -0.39 is 34.6 Å². The number of rotatable bonds is 10. The molecule has 222 valence electrons. The van der Waals surface area contributed by atoms with Crippen LogP contribution in [-0.4, -0.2) is 49.6 Å². The number of carbonyl (C=O) groups is 2. The maximum absolute atomic E-state index is 13.0. The average Bonchev–Trinajstić information content (AvgIpc) is 3.00. The molecule has 0 aliphatic rings. The number of esters is 1. The minimum Gasteiger partial charge on any atom is -0.443 e. The third-order valence-corrected chi connectivity index (χ3v) is 7.17. The fourth-order valence-electron chi connectivity index (χ4n) is 4.09. The Morgan fingerprint density at radius 1 is 0.977 bits per heavy atom. The number of thiocarbonyl (C=S) groups is 1. The first-order chi connectivity index (χ1) is 20.6. The Morgan fingerprint density at radius 3 is 2.35 bits per heavy atom. The molecule has 0 saturated carbocycles. The molecule has 43 heavy (non-hydrogen) atoms. The molecule has 4 N–H and O–H groups in total. The molecule has 0 aliphatic heterocycles. The van der Waals surface area contributed by atoms with Crippen LogP contribution in [0.1, 0.15) is 11.1 Å². The Labute approximate surface area is 269 Å². The van der Waals surface area contributed by atoms with Crippen LogP contribution in [0.3, 0.4) is 0 Å². The highest BCUT2D eigenvalue weighted by atomic mass is 35.6. The number of fused-ring (bicyclic) bond motifs is 1. The van der Waals surface area contributed by atoms with Gasteiger partial charge in [-0.15, -0.1) is 0 Å². The summed E-state index contributed by atoms with van der Waals surface area (Å²) in [6.45, 7) is -0.493. The van der Waals surface area contributed by atoms with E-state index in [-0.39, 0.29) is 11.5 Å². The van der Waals surface area contributed by atoms with Gasteiger partial charge in [-0.1, -0.05) is 114 Å². The molecule has 0 spiro atoms. The second-order valence-electron chi connectivity index (χ2n) is 9.37. The second-order valence-corrected chi connectivity index (χ2v) is 12.1. The Bertz CT molecular complexity index is 1580. The normalized spacial score (nSPS) is 12.8. The maximum atomic E-state index is 13.0. The fourth-order valence-corrected chi connectivity index (χ4v) is 4.87. The highest BCUT2D eigenvalue weighted by Crippen LogP contribution is 2.33. The van der Waals surface area contributed by atoms with E-state index in [1.54, 1.807) is 18.3 Å². The van der Waals surface area contributed by atoms with Crippen LogP contribution >= 0.6 is 47.0 Å². The van der Waals surface area contributed by atoms with Crippen molar-refractivity contribution < 1.29 is 14.3 Å². The van der Waals surface area contributed by atoms with E-state index in [1.165, 1.54) is 11.0 Å². The molecule has 3 aromatic carbocycles. The summed E-state index contributed by atoms with van der Waals surface area (Å²) in [6, 6.07) is 26.7. The molecule has 0 fully saturated rings. The number of nitrogens with one attached hydrogen (secondary N) is 2. The summed E-state index contributed by atoms with van der Waals surface area (Å²) in [5, 5.41) is 6.60. The first-order valence-corrected chi connectivity index (χ1v) is 14.6. The van der Waals surface area contributed by atoms with Gasteiger partial charge in [-0.3, -0.25) is 19.5 Å². The summed E-state index contributed by atoms with van der Waals surface area (Å²) in [4.78, 5) is 31.6. The van der Waals surface area contributed by atoms with Crippen LogP contribution in [0.4, 0.5) is 5.69 Å². The number of benzene rings is 3. The smallest absolute Gasteiger partial charge is 0.324 e. The Hall–Kier alpha value is -3.73. The Balaban J connectivity index is 1.57. The molecule has 1 heterocycles. The lowest BCUT2D eigenvalue weighted by Crippen LogP contribution is -2.59. The molecule has 4 rings (SSSR count). The van der Waals surface area contributed by atoms with Gasteiger partial charge in [0.2, 0.25) is 9.70 Å². The lowest BCUT2D eigenvalue weighted by atomic mass is 10.1. The molecule has 1 aromatic heterocycles. The number of halogens is 3. The van der Waals surface area contributed by atoms with Gasteiger partial charge in [-0.05, 0) is 48.0 Å². The van der Waals surface area contributed by atoms with Crippen molar-refractivity contribution in [3.8, 4) is 0 Å². The predicted molar refractivity (Wildman–Crippen MR) is 177 cm³/mol. The number of amides is 1. The summed E-state index contributed by atoms with van der Waals surface area (Å²) < 4.78 is 3.43. The standard InChI is InChI=1S/C31H28Cl3N5O3S/c32-31(33,34)29(38-26(40)17-16-21-9-3-1-4-10-21)39(20-42-28(41)24(35)19-22-11-5-2-6-12-22)30(43)37-25-15-7-13-23-14-8-18-36-27(23)25/h1-18,24,29H,19-20,35H2,(H,37,43)(H,38,40)/b17-16+/t24-,29?/m0/s1. The van der Waals surface area contributed by atoms with Crippen molar-refractivity contribution in [3.05, 3.63) is 114 Å². The SMILES string of the molecule is N[C@@H](Cc1ccccc1)C(=O)OCN(C(=S)Nc1cccc2cccnc12)C(NC(=O)/C=C/c1ccccc1)C(Cl)(Cl)Cl. The molecule has 12 heteroatoms. The molecule has 0 saturated heterocycles. The number of nitrogens with two attached hydrogens (primary N) is 1. The first-order valence-electron chi connectivity index (χ1n) is 13.1. The van der Waals surface area contributed by atoms with Gasteiger partial charge in [-0.25, -0.2) is 0 Å². The number of nitrogens with zero attached hydrogens (tertiary/aromatic N) is 2. The third-order valence-electron chi connectivity index (χ3n) is 6.21. The minimum atomic E-state index is -2.11. The number of alkyl halides is 3. The number of para-hydroxylation sites is 1. The number of carbonyl (C=O) groups excluding carboxylic acids is 2. The molecule has 4 aromatic rings. The maximum Gasteiger partial charge on any atom is 0.324 e. The number of aromatic nitrogens is 1. The Morgan fingerprint density at radius 2 is 1.65 bits per heavy atom. The summed E-state index contributed by atoms with van der Waals surface area (Å²) in [6.07, 6.45) is 3.43. The molecule has 0 radical (unpaired) electrons.